The van der Waals surface area contributed by atoms with Crippen molar-refractivity contribution in [2.24, 2.45) is 4.99 Å². The molecule has 0 saturated carbocycles. The number of hydrogen-bond acceptors (Lipinski definition) is 3. The van der Waals surface area contributed by atoms with Gasteiger partial charge in [0.1, 0.15) is 5.75 Å². The van der Waals surface area contributed by atoms with Gasteiger partial charge in [0, 0.05) is 19.6 Å². The van der Waals surface area contributed by atoms with Crippen LogP contribution in [0.3, 0.4) is 0 Å². The molecule has 1 aliphatic heterocycles. The molecule has 0 unspecified atom stereocenters. The molecule has 0 radical (unpaired) electrons. The third-order valence-electron chi connectivity index (χ3n) is 4.57. The first-order chi connectivity index (χ1) is 12.2. The minimum atomic E-state index is 0.845. The number of nitrogens with one attached hydrogen (secondary N) is 2. The summed E-state index contributed by atoms with van der Waals surface area (Å²) < 4.78 is 5.46. The first-order valence-corrected chi connectivity index (χ1v) is 9.61. The molecule has 0 aliphatic carbocycles. The van der Waals surface area contributed by atoms with Crippen LogP contribution in [0.2, 0.25) is 0 Å². The molecule has 1 saturated heterocycles. The summed E-state index contributed by atoms with van der Waals surface area (Å²) >= 11 is 0. The van der Waals surface area contributed by atoms with Crippen molar-refractivity contribution >= 4 is 5.96 Å². The summed E-state index contributed by atoms with van der Waals surface area (Å²) in [4.78, 5) is 7.24. The maximum absolute atomic E-state index is 5.46. The Morgan fingerprint density at radius 3 is 2.76 bits per heavy atom. The van der Waals surface area contributed by atoms with Gasteiger partial charge in [-0.3, -0.25) is 4.99 Å². The number of aryl methyl sites for hydroxylation is 1. The van der Waals surface area contributed by atoms with Crippen LogP contribution in [0.25, 0.3) is 0 Å². The standard InChI is InChI=1S/C20H34N4O/c1-4-21-20(22-11-7-15-24-13-5-6-14-24)23-12-10-18-16-17(2)8-9-19(18)25-3/h8-9,16H,4-7,10-15H2,1-3H3,(H2,21,22,23). The Morgan fingerprint density at radius 1 is 1.24 bits per heavy atom. The Balaban J connectivity index is 1.76. The number of hydrogen-bond donors (Lipinski definition) is 2. The number of aliphatic imine (C=N–C) groups is 1. The number of benzene rings is 1. The summed E-state index contributed by atoms with van der Waals surface area (Å²) in [5.74, 6) is 1.87. The van der Waals surface area contributed by atoms with E-state index in [1.165, 1.54) is 43.6 Å². The average Bonchev–Trinajstić information content (AvgIpc) is 3.12. The summed E-state index contributed by atoms with van der Waals surface area (Å²) in [6.07, 6.45) is 4.76. The molecule has 0 amide bonds. The molecular weight excluding hydrogens is 312 g/mol. The van der Waals surface area contributed by atoms with Crippen LogP contribution in [-0.4, -0.2) is 57.2 Å². The lowest BCUT2D eigenvalue weighted by Gasteiger charge is -2.15. The van der Waals surface area contributed by atoms with Gasteiger partial charge in [-0.05, 0) is 70.8 Å². The van der Waals surface area contributed by atoms with Gasteiger partial charge in [0.15, 0.2) is 5.96 Å². The highest BCUT2D eigenvalue weighted by Gasteiger charge is 2.10. The van der Waals surface area contributed by atoms with E-state index in [9.17, 15) is 0 Å². The zero-order valence-electron chi connectivity index (χ0n) is 16.1. The van der Waals surface area contributed by atoms with E-state index in [1.54, 1.807) is 7.11 Å². The van der Waals surface area contributed by atoms with Crippen LogP contribution in [-0.2, 0) is 6.42 Å². The molecular formula is C20H34N4O. The van der Waals surface area contributed by atoms with Gasteiger partial charge >= 0.3 is 0 Å². The van der Waals surface area contributed by atoms with Crippen molar-refractivity contribution in [3.05, 3.63) is 29.3 Å². The second kappa shape index (κ2) is 11.0. The van der Waals surface area contributed by atoms with Crippen molar-refractivity contribution in [3.8, 4) is 5.75 Å². The Labute approximate surface area is 152 Å². The fourth-order valence-electron chi connectivity index (χ4n) is 3.25. The summed E-state index contributed by atoms with van der Waals surface area (Å²) in [7, 11) is 1.73. The van der Waals surface area contributed by atoms with Gasteiger partial charge in [0.05, 0.1) is 7.11 Å². The second-order valence-corrected chi connectivity index (χ2v) is 6.66. The molecule has 0 spiro atoms. The third-order valence-corrected chi connectivity index (χ3v) is 4.57. The molecule has 25 heavy (non-hydrogen) atoms. The highest BCUT2D eigenvalue weighted by Crippen LogP contribution is 2.19. The topological polar surface area (TPSA) is 48.9 Å². The Bertz CT molecular complexity index is 538. The second-order valence-electron chi connectivity index (χ2n) is 6.66. The molecule has 1 aliphatic rings. The van der Waals surface area contributed by atoms with Crippen molar-refractivity contribution in [2.45, 2.75) is 39.5 Å². The summed E-state index contributed by atoms with van der Waals surface area (Å²) in [6.45, 7) is 10.5. The van der Waals surface area contributed by atoms with E-state index >= 15 is 0 Å². The van der Waals surface area contributed by atoms with Crippen molar-refractivity contribution in [1.29, 1.82) is 0 Å². The smallest absolute Gasteiger partial charge is 0.191 e. The summed E-state index contributed by atoms with van der Waals surface area (Å²) in [5, 5.41) is 6.77. The lowest BCUT2D eigenvalue weighted by Crippen LogP contribution is -2.38. The highest BCUT2D eigenvalue weighted by atomic mass is 16.5. The van der Waals surface area contributed by atoms with Crippen molar-refractivity contribution in [1.82, 2.24) is 15.5 Å². The molecule has 1 heterocycles. The van der Waals surface area contributed by atoms with Gasteiger partial charge in [-0.2, -0.15) is 0 Å². The van der Waals surface area contributed by atoms with Gasteiger partial charge in [0.25, 0.3) is 0 Å². The fourth-order valence-corrected chi connectivity index (χ4v) is 3.25. The molecule has 5 nitrogen and oxygen atoms in total. The monoisotopic (exact) mass is 346 g/mol. The van der Waals surface area contributed by atoms with Crippen molar-refractivity contribution < 1.29 is 4.74 Å². The fraction of sp³-hybridized carbons (Fsp3) is 0.650. The van der Waals surface area contributed by atoms with E-state index in [2.05, 4.69) is 41.5 Å². The van der Waals surface area contributed by atoms with E-state index in [4.69, 9.17) is 9.73 Å². The van der Waals surface area contributed by atoms with E-state index in [0.29, 0.717) is 0 Å². The predicted molar refractivity (Wildman–Crippen MR) is 106 cm³/mol. The average molecular weight is 347 g/mol. The van der Waals surface area contributed by atoms with Gasteiger partial charge in [-0.25, -0.2) is 0 Å². The Kier molecular flexibility index (Phi) is 8.60. The molecule has 2 N–H and O–H groups in total. The number of guanidine groups is 1. The van der Waals surface area contributed by atoms with E-state index in [1.807, 2.05) is 6.07 Å². The van der Waals surface area contributed by atoms with Gasteiger partial charge in [0.2, 0.25) is 0 Å². The predicted octanol–water partition coefficient (Wildman–Crippen LogP) is 2.59. The molecule has 1 fully saturated rings. The molecule has 2 rings (SSSR count). The lowest BCUT2D eigenvalue weighted by molar-refractivity contribution is 0.336. The minimum Gasteiger partial charge on any atom is -0.496 e. The molecule has 1 aromatic carbocycles. The Hall–Kier alpha value is -1.75. The first kappa shape index (κ1) is 19.6. The molecule has 1 aromatic rings. The van der Waals surface area contributed by atoms with Crippen LogP contribution in [0.4, 0.5) is 0 Å². The number of likely N-dealkylation sites (tertiary alicyclic amines) is 1. The van der Waals surface area contributed by atoms with E-state index < -0.39 is 0 Å². The summed E-state index contributed by atoms with van der Waals surface area (Å²) in [5.41, 5.74) is 2.50. The molecule has 5 heteroatoms. The number of ether oxygens (including phenoxy) is 1. The quantitative estimate of drug-likeness (QED) is 0.410. The number of rotatable bonds is 9. The largest absolute Gasteiger partial charge is 0.496 e. The SMILES string of the molecule is CCNC(=NCCCN1CCCC1)NCCc1cc(C)ccc1OC. The maximum atomic E-state index is 5.46. The van der Waals surface area contributed by atoms with E-state index in [-0.39, 0.29) is 0 Å². The van der Waals surface area contributed by atoms with Crippen LogP contribution in [0.5, 0.6) is 5.75 Å². The van der Waals surface area contributed by atoms with Crippen LogP contribution < -0.4 is 15.4 Å². The first-order valence-electron chi connectivity index (χ1n) is 9.61. The third kappa shape index (κ3) is 6.94. The van der Waals surface area contributed by atoms with Gasteiger partial charge in [-0.15, -0.1) is 0 Å². The number of nitrogens with zero attached hydrogens (tertiary/aromatic N) is 2. The van der Waals surface area contributed by atoms with Crippen LogP contribution >= 0.6 is 0 Å². The zero-order valence-corrected chi connectivity index (χ0v) is 16.1. The van der Waals surface area contributed by atoms with E-state index in [0.717, 1.165) is 44.2 Å². The van der Waals surface area contributed by atoms with Crippen molar-refractivity contribution in [3.63, 3.8) is 0 Å². The van der Waals surface area contributed by atoms with Crippen molar-refractivity contribution in [2.75, 3.05) is 46.4 Å². The highest BCUT2D eigenvalue weighted by molar-refractivity contribution is 5.79. The van der Waals surface area contributed by atoms with Gasteiger partial charge in [-0.1, -0.05) is 17.7 Å². The zero-order chi connectivity index (χ0) is 17.9. The molecule has 140 valence electrons. The molecule has 0 aromatic heterocycles. The lowest BCUT2D eigenvalue weighted by atomic mass is 10.1. The minimum absolute atomic E-state index is 0.845. The maximum Gasteiger partial charge on any atom is 0.191 e. The Morgan fingerprint density at radius 2 is 2.04 bits per heavy atom. The van der Waals surface area contributed by atoms with Crippen LogP contribution in [0, 0.1) is 6.92 Å². The van der Waals surface area contributed by atoms with Gasteiger partial charge < -0.3 is 20.3 Å². The number of methoxy groups -OCH3 is 1. The van der Waals surface area contributed by atoms with Crippen LogP contribution in [0.15, 0.2) is 23.2 Å². The summed E-state index contributed by atoms with van der Waals surface area (Å²) in [6, 6.07) is 6.32. The normalized spacial score (nSPS) is 15.4. The molecule has 0 atom stereocenters. The van der Waals surface area contributed by atoms with Crippen LogP contribution in [0.1, 0.15) is 37.3 Å². The molecule has 0 bridgehead atoms.